The van der Waals surface area contributed by atoms with Crippen LogP contribution in [0, 0.1) is 20.8 Å². The van der Waals surface area contributed by atoms with Gasteiger partial charge in [-0.25, -0.2) is 4.79 Å². The molecule has 0 atom stereocenters. The van der Waals surface area contributed by atoms with Gasteiger partial charge in [-0.1, -0.05) is 60.7 Å². The van der Waals surface area contributed by atoms with Crippen LogP contribution < -0.4 is 4.74 Å². The van der Waals surface area contributed by atoms with Crippen LogP contribution in [-0.4, -0.2) is 18.2 Å². The highest BCUT2D eigenvalue weighted by molar-refractivity contribution is 5.96. The number of aromatic hydroxyl groups is 1. The average Bonchev–Trinajstić information content (AvgIpc) is 2.74. The average molecular weight is 376 g/mol. The number of ether oxygens (including phenoxy) is 2. The molecule has 144 valence electrons. The van der Waals surface area contributed by atoms with Gasteiger partial charge in [0.25, 0.3) is 0 Å². The fraction of sp³-hybridized carbons (Fsp3) is 0.208. The monoisotopic (exact) mass is 376 g/mol. The normalized spacial score (nSPS) is 10.8. The largest absolute Gasteiger partial charge is 0.507 e. The second kappa shape index (κ2) is 8.17. The summed E-state index contributed by atoms with van der Waals surface area (Å²) in [5.74, 6) is -0.0164. The molecule has 0 saturated heterocycles. The topological polar surface area (TPSA) is 55.8 Å². The number of phenols is 1. The number of phenolic OH excluding ortho intramolecular Hbond substituents is 1. The smallest absolute Gasteiger partial charge is 0.343 e. The van der Waals surface area contributed by atoms with Crippen molar-refractivity contribution in [3.8, 4) is 11.5 Å². The van der Waals surface area contributed by atoms with Crippen LogP contribution in [0.2, 0.25) is 0 Å². The molecule has 0 aliphatic rings. The molecule has 3 aromatic rings. The van der Waals surface area contributed by atoms with E-state index in [4.69, 9.17) is 9.47 Å². The number of rotatable bonds is 5. The number of carbonyl (C=O) groups excluding carboxylic acids is 1. The standard InChI is InChI=1S/C24H24O4/c1-15-16(2)21(25)17(3)22(27-4)20(15)24(26)28-23(18-11-7-5-8-12-18)19-13-9-6-10-14-19/h5-14,23,25H,1-4H3. The van der Waals surface area contributed by atoms with Gasteiger partial charge in [0.05, 0.1) is 7.11 Å². The number of esters is 1. The molecule has 4 nitrogen and oxygen atoms in total. The first-order valence-corrected chi connectivity index (χ1v) is 9.13. The molecule has 0 bridgehead atoms. The van der Waals surface area contributed by atoms with Crippen LogP contribution in [0.1, 0.15) is 44.3 Å². The van der Waals surface area contributed by atoms with Gasteiger partial charge in [0, 0.05) is 5.56 Å². The summed E-state index contributed by atoms with van der Waals surface area (Å²) >= 11 is 0. The van der Waals surface area contributed by atoms with Gasteiger partial charge in [0.15, 0.2) is 6.10 Å². The van der Waals surface area contributed by atoms with Crippen molar-refractivity contribution in [1.29, 1.82) is 0 Å². The van der Waals surface area contributed by atoms with Crippen molar-refractivity contribution >= 4 is 5.97 Å². The Morgan fingerprint density at radius 1 is 0.821 bits per heavy atom. The summed E-state index contributed by atoms with van der Waals surface area (Å²) in [7, 11) is 1.49. The minimum absolute atomic E-state index is 0.133. The molecule has 0 aliphatic heterocycles. The highest BCUT2D eigenvalue weighted by Gasteiger charge is 2.27. The first-order chi connectivity index (χ1) is 13.5. The summed E-state index contributed by atoms with van der Waals surface area (Å²) in [6, 6.07) is 19.2. The van der Waals surface area contributed by atoms with E-state index >= 15 is 0 Å². The minimum Gasteiger partial charge on any atom is -0.507 e. The third-order valence-electron chi connectivity index (χ3n) is 5.05. The van der Waals surface area contributed by atoms with E-state index in [1.54, 1.807) is 20.8 Å². The van der Waals surface area contributed by atoms with Crippen LogP contribution >= 0.6 is 0 Å². The van der Waals surface area contributed by atoms with Crippen LogP contribution in [0.25, 0.3) is 0 Å². The lowest BCUT2D eigenvalue weighted by atomic mass is 9.96. The van der Waals surface area contributed by atoms with Crippen molar-refractivity contribution in [2.75, 3.05) is 7.11 Å². The first-order valence-electron chi connectivity index (χ1n) is 9.13. The molecule has 0 aromatic heterocycles. The summed E-state index contributed by atoms with van der Waals surface area (Å²) in [6.07, 6.45) is -0.548. The Bertz CT molecular complexity index is 939. The Balaban J connectivity index is 2.07. The fourth-order valence-electron chi connectivity index (χ4n) is 3.36. The fourth-order valence-corrected chi connectivity index (χ4v) is 3.36. The van der Waals surface area contributed by atoms with Gasteiger partial charge in [-0.05, 0) is 43.0 Å². The van der Waals surface area contributed by atoms with E-state index < -0.39 is 12.1 Å². The number of benzene rings is 3. The quantitative estimate of drug-likeness (QED) is 0.616. The summed E-state index contributed by atoms with van der Waals surface area (Å²) in [4.78, 5) is 13.2. The van der Waals surface area contributed by atoms with Gasteiger partial charge in [-0.2, -0.15) is 0 Å². The molecule has 0 amide bonds. The van der Waals surface area contributed by atoms with Gasteiger partial charge < -0.3 is 14.6 Å². The number of hydrogen-bond acceptors (Lipinski definition) is 4. The summed E-state index contributed by atoms with van der Waals surface area (Å²) in [5.41, 5.74) is 3.91. The van der Waals surface area contributed by atoms with E-state index in [1.807, 2.05) is 60.7 Å². The zero-order valence-electron chi connectivity index (χ0n) is 16.5. The molecule has 4 heteroatoms. The highest BCUT2D eigenvalue weighted by atomic mass is 16.5. The molecule has 0 spiro atoms. The van der Waals surface area contributed by atoms with Crippen molar-refractivity contribution in [1.82, 2.24) is 0 Å². The zero-order valence-corrected chi connectivity index (χ0v) is 16.5. The number of hydrogen-bond donors (Lipinski definition) is 1. The van der Waals surface area contributed by atoms with Gasteiger partial charge in [0.1, 0.15) is 17.1 Å². The maximum Gasteiger partial charge on any atom is 0.343 e. The maximum atomic E-state index is 13.2. The Labute approximate surface area is 165 Å². The second-order valence-electron chi connectivity index (χ2n) is 6.74. The van der Waals surface area contributed by atoms with Gasteiger partial charge >= 0.3 is 5.97 Å². The molecule has 3 aromatic carbocycles. The van der Waals surface area contributed by atoms with Crippen molar-refractivity contribution in [3.05, 3.63) is 94.0 Å². The lowest BCUT2D eigenvalue weighted by Gasteiger charge is -2.22. The molecule has 0 aliphatic carbocycles. The minimum atomic E-state index is -0.548. The maximum absolute atomic E-state index is 13.2. The van der Waals surface area contributed by atoms with Crippen LogP contribution in [0.4, 0.5) is 0 Å². The van der Waals surface area contributed by atoms with E-state index in [2.05, 4.69) is 0 Å². The van der Waals surface area contributed by atoms with Crippen molar-refractivity contribution in [2.45, 2.75) is 26.9 Å². The Morgan fingerprint density at radius 2 is 1.32 bits per heavy atom. The zero-order chi connectivity index (χ0) is 20.3. The summed E-state index contributed by atoms with van der Waals surface area (Å²) < 4.78 is 11.4. The van der Waals surface area contributed by atoms with Crippen LogP contribution in [-0.2, 0) is 4.74 Å². The lowest BCUT2D eigenvalue weighted by Crippen LogP contribution is -2.16. The SMILES string of the molecule is COc1c(C)c(O)c(C)c(C)c1C(=O)OC(c1ccccc1)c1ccccc1. The highest BCUT2D eigenvalue weighted by Crippen LogP contribution is 2.38. The Morgan fingerprint density at radius 3 is 1.79 bits per heavy atom. The van der Waals surface area contributed by atoms with Crippen LogP contribution in [0.5, 0.6) is 11.5 Å². The van der Waals surface area contributed by atoms with E-state index in [9.17, 15) is 9.90 Å². The predicted octanol–water partition coefficient (Wildman–Crippen LogP) is 5.27. The molecule has 3 rings (SSSR count). The molecule has 0 radical (unpaired) electrons. The van der Waals surface area contributed by atoms with Crippen molar-refractivity contribution in [3.63, 3.8) is 0 Å². The molecule has 0 fully saturated rings. The van der Waals surface area contributed by atoms with E-state index in [-0.39, 0.29) is 5.75 Å². The Kier molecular flexibility index (Phi) is 5.69. The van der Waals surface area contributed by atoms with Gasteiger partial charge in [-0.15, -0.1) is 0 Å². The molecule has 28 heavy (non-hydrogen) atoms. The van der Waals surface area contributed by atoms with Gasteiger partial charge in [0.2, 0.25) is 0 Å². The van der Waals surface area contributed by atoms with Crippen LogP contribution in [0.15, 0.2) is 60.7 Å². The number of methoxy groups -OCH3 is 1. The van der Waals surface area contributed by atoms with E-state index in [0.717, 1.165) is 11.1 Å². The third-order valence-corrected chi connectivity index (χ3v) is 5.05. The molecular formula is C24H24O4. The molecule has 0 unspecified atom stereocenters. The molecular weight excluding hydrogens is 352 g/mol. The molecule has 1 N–H and O–H groups in total. The Hall–Kier alpha value is -3.27. The summed E-state index contributed by atoms with van der Waals surface area (Å²) in [5, 5.41) is 10.3. The second-order valence-corrected chi connectivity index (χ2v) is 6.74. The number of carbonyl (C=O) groups is 1. The van der Waals surface area contributed by atoms with Crippen molar-refractivity contribution < 1.29 is 19.4 Å². The molecule has 0 saturated carbocycles. The van der Waals surface area contributed by atoms with Crippen molar-refractivity contribution in [2.24, 2.45) is 0 Å². The van der Waals surface area contributed by atoms with Crippen LogP contribution in [0.3, 0.4) is 0 Å². The van der Waals surface area contributed by atoms with E-state index in [0.29, 0.717) is 28.0 Å². The third kappa shape index (κ3) is 3.58. The van der Waals surface area contributed by atoms with E-state index in [1.165, 1.54) is 7.11 Å². The summed E-state index contributed by atoms with van der Waals surface area (Å²) in [6.45, 7) is 5.29. The first kappa shape index (κ1) is 19.5. The predicted molar refractivity (Wildman–Crippen MR) is 109 cm³/mol. The lowest BCUT2D eigenvalue weighted by molar-refractivity contribution is 0.0373. The van der Waals surface area contributed by atoms with Gasteiger partial charge in [-0.3, -0.25) is 0 Å². The molecule has 0 heterocycles.